The topological polar surface area (TPSA) is 113 Å². The molecule has 0 radical (unpaired) electrons. The lowest BCUT2D eigenvalue weighted by Gasteiger charge is -2.29. The van der Waals surface area contributed by atoms with E-state index in [2.05, 4.69) is 55.7 Å². The molecule has 0 atom stereocenters. The molecule has 4 aromatic heterocycles. The molecule has 172 valence electrons. The highest BCUT2D eigenvalue weighted by Crippen LogP contribution is 2.41. The van der Waals surface area contributed by atoms with Gasteiger partial charge in [0.15, 0.2) is 5.65 Å². The number of thiophene rings is 1. The lowest BCUT2D eigenvalue weighted by molar-refractivity contribution is 0.589. The summed E-state index contributed by atoms with van der Waals surface area (Å²) in [7, 11) is 0. The van der Waals surface area contributed by atoms with Gasteiger partial charge in [0.25, 0.3) is 0 Å². The fraction of sp³-hybridized carbons (Fsp3) is 0.154. The number of nitrogens with zero attached hydrogens (tertiary/aromatic N) is 4. The second-order valence-electron chi connectivity index (χ2n) is 8.32. The third-order valence-corrected chi connectivity index (χ3v) is 7.16. The first-order valence-corrected chi connectivity index (χ1v) is 12.2. The quantitative estimate of drug-likeness (QED) is 0.359. The number of piperazine rings is 1. The molecule has 6 rings (SSSR count). The minimum atomic E-state index is -0.253. The largest absolute Gasteiger partial charge is 0.369 e. The van der Waals surface area contributed by atoms with Crippen molar-refractivity contribution in [3.05, 3.63) is 76.0 Å². The Labute approximate surface area is 204 Å². The van der Waals surface area contributed by atoms with Gasteiger partial charge in [-0.2, -0.15) is 10.4 Å². The van der Waals surface area contributed by atoms with Crippen LogP contribution in [0.2, 0.25) is 0 Å². The lowest BCUT2D eigenvalue weighted by Crippen LogP contribution is -2.43. The summed E-state index contributed by atoms with van der Waals surface area (Å²) in [5.74, 6) is 0. The van der Waals surface area contributed by atoms with Gasteiger partial charge in [-0.25, -0.2) is 4.98 Å². The van der Waals surface area contributed by atoms with Crippen LogP contribution < -0.4 is 15.8 Å². The van der Waals surface area contributed by atoms with Gasteiger partial charge < -0.3 is 15.2 Å². The van der Waals surface area contributed by atoms with E-state index in [1.54, 1.807) is 23.6 Å². The number of H-pyrrole nitrogens is 2. The summed E-state index contributed by atoms with van der Waals surface area (Å²) in [6.45, 7) is 3.84. The summed E-state index contributed by atoms with van der Waals surface area (Å²) in [5.41, 5.74) is 5.33. The predicted octanol–water partition coefficient (Wildman–Crippen LogP) is 3.99. The smallest absolute Gasteiger partial charge is 0.248 e. The maximum absolute atomic E-state index is 12.0. The van der Waals surface area contributed by atoms with Gasteiger partial charge in [-0.3, -0.25) is 9.89 Å². The Morgan fingerprint density at radius 1 is 1.06 bits per heavy atom. The number of hydrogen-bond donors (Lipinski definition) is 3. The Bertz CT molecular complexity index is 1600. The number of aromatic amines is 2. The van der Waals surface area contributed by atoms with Crippen molar-refractivity contribution in [3.8, 4) is 39.0 Å². The minimum Gasteiger partial charge on any atom is -0.369 e. The standard InChI is InChI=1S/C26H21N7OS/c27-15-19-22(16-3-5-18(6-4-16)33-11-9-28-10-12-33)23-25(20-2-1-13-35-20)31-32-26(23)30-24(19)17-7-8-29-21(34)14-17/h1-8,13-14,28H,9-12H2,(H,29,34)(H,30,31,32). The summed E-state index contributed by atoms with van der Waals surface area (Å²) in [4.78, 5) is 22.8. The summed E-state index contributed by atoms with van der Waals surface area (Å²) >= 11 is 1.60. The van der Waals surface area contributed by atoms with Gasteiger partial charge in [-0.1, -0.05) is 18.2 Å². The SMILES string of the molecule is N#Cc1c(-c2cc[nH]c(=O)c2)nc2n[nH]c(-c3cccs3)c2c1-c1ccc(N2CCNCC2)cc1. The van der Waals surface area contributed by atoms with Crippen LogP contribution in [0.5, 0.6) is 0 Å². The minimum absolute atomic E-state index is 0.253. The molecule has 1 fully saturated rings. The van der Waals surface area contributed by atoms with Crippen molar-refractivity contribution in [2.45, 2.75) is 0 Å². The van der Waals surface area contributed by atoms with E-state index in [0.29, 0.717) is 22.5 Å². The number of nitrogens with one attached hydrogen (secondary N) is 3. The van der Waals surface area contributed by atoms with Crippen molar-refractivity contribution in [1.82, 2.24) is 25.5 Å². The van der Waals surface area contributed by atoms with Crippen LogP contribution in [0, 0.1) is 11.3 Å². The molecule has 0 unspecified atom stereocenters. The molecule has 0 aliphatic carbocycles. The molecule has 3 N–H and O–H groups in total. The third-order valence-electron chi connectivity index (χ3n) is 6.27. The number of benzene rings is 1. The summed E-state index contributed by atoms with van der Waals surface area (Å²) in [6.07, 6.45) is 1.56. The van der Waals surface area contributed by atoms with Gasteiger partial charge in [0.1, 0.15) is 6.07 Å². The van der Waals surface area contributed by atoms with Gasteiger partial charge in [0.2, 0.25) is 5.56 Å². The molecule has 1 aliphatic rings. The fourth-order valence-corrected chi connectivity index (χ4v) is 5.34. The molecule has 9 heteroatoms. The van der Waals surface area contributed by atoms with Crippen molar-refractivity contribution in [1.29, 1.82) is 5.26 Å². The highest BCUT2D eigenvalue weighted by Gasteiger charge is 2.23. The van der Waals surface area contributed by atoms with Crippen molar-refractivity contribution in [2.75, 3.05) is 31.1 Å². The monoisotopic (exact) mass is 479 g/mol. The molecule has 0 amide bonds. The lowest BCUT2D eigenvalue weighted by atomic mass is 9.93. The molecule has 1 saturated heterocycles. The summed E-state index contributed by atoms with van der Waals surface area (Å²) in [6, 6.07) is 17.9. The van der Waals surface area contributed by atoms with Gasteiger partial charge >= 0.3 is 0 Å². The van der Waals surface area contributed by atoms with E-state index in [1.807, 2.05) is 17.5 Å². The average Bonchev–Trinajstić information content (AvgIpc) is 3.58. The first kappa shape index (κ1) is 21.3. The number of anilines is 1. The zero-order chi connectivity index (χ0) is 23.8. The van der Waals surface area contributed by atoms with E-state index >= 15 is 0 Å². The second kappa shape index (κ2) is 8.83. The third kappa shape index (κ3) is 3.79. The van der Waals surface area contributed by atoms with Crippen LogP contribution in [0.3, 0.4) is 0 Å². The first-order chi connectivity index (χ1) is 17.2. The van der Waals surface area contributed by atoms with E-state index in [-0.39, 0.29) is 5.56 Å². The van der Waals surface area contributed by atoms with Crippen LogP contribution in [0.25, 0.3) is 44.0 Å². The van der Waals surface area contributed by atoms with Crippen LogP contribution in [0.15, 0.2) is 64.9 Å². The van der Waals surface area contributed by atoms with Gasteiger partial charge in [-0.05, 0) is 35.2 Å². The number of pyridine rings is 2. The molecule has 5 aromatic rings. The van der Waals surface area contributed by atoms with E-state index in [1.165, 1.54) is 6.07 Å². The zero-order valence-electron chi connectivity index (χ0n) is 18.7. The highest BCUT2D eigenvalue weighted by atomic mass is 32.1. The second-order valence-corrected chi connectivity index (χ2v) is 9.27. The van der Waals surface area contributed by atoms with E-state index < -0.39 is 0 Å². The maximum atomic E-state index is 12.0. The highest BCUT2D eigenvalue weighted by molar-refractivity contribution is 7.13. The van der Waals surface area contributed by atoms with Crippen LogP contribution in [0.4, 0.5) is 5.69 Å². The van der Waals surface area contributed by atoms with Crippen LogP contribution in [-0.2, 0) is 0 Å². The maximum Gasteiger partial charge on any atom is 0.248 e. The Hall–Kier alpha value is -4.26. The molecule has 35 heavy (non-hydrogen) atoms. The first-order valence-electron chi connectivity index (χ1n) is 11.3. The molecule has 1 aromatic carbocycles. The Morgan fingerprint density at radius 2 is 1.89 bits per heavy atom. The van der Waals surface area contributed by atoms with E-state index in [4.69, 9.17) is 4.98 Å². The van der Waals surface area contributed by atoms with Crippen LogP contribution >= 0.6 is 11.3 Å². The van der Waals surface area contributed by atoms with Gasteiger partial charge in [0, 0.05) is 55.3 Å². The fourth-order valence-electron chi connectivity index (χ4n) is 4.61. The summed E-state index contributed by atoms with van der Waals surface area (Å²) in [5, 5.41) is 24.2. The number of nitriles is 1. The Kier molecular flexibility index (Phi) is 5.37. The van der Waals surface area contributed by atoms with Crippen molar-refractivity contribution in [3.63, 3.8) is 0 Å². The predicted molar refractivity (Wildman–Crippen MR) is 138 cm³/mol. The van der Waals surface area contributed by atoms with Gasteiger partial charge in [-0.15, -0.1) is 11.3 Å². The van der Waals surface area contributed by atoms with Crippen molar-refractivity contribution < 1.29 is 0 Å². The number of aromatic nitrogens is 4. The van der Waals surface area contributed by atoms with Crippen LogP contribution in [-0.4, -0.2) is 46.3 Å². The summed E-state index contributed by atoms with van der Waals surface area (Å²) < 4.78 is 0. The average molecular weight is 480 g/mol. The molecule has 0 spiro atoms. The number of fused-ring (bicyclic) bond motifs is 1. The van der Waals surface area contributed by atoms with Crippen molar-refractivity contribution >= 4 is 28.1 Å². The van der Waals surface area contributed by atoms with E-state index in [0.717, 1.165) is 59.0 Å². The van der Waals surface area contributed by atoms with Gasteiger partial charge in [0.05, 0.1) is 27.2 Å². The van der Waals surface area contributed by atoms with Crippen molar-refractivity contribution in [2.24, 2.45) is 0 Å². The zero-order valence-corrected chi connectivity index (χ0v) is 19.5. The molecular weight excluding hydrogens is 458 g/mol. The molecule has 5 heterocycles. The Morgan fingerprint density at radius 3 is 2.60 bits per heavy atom. The van der Waals surface area contributed by atoms with Crippen LogP contribution in [0.1, 0.15) is 5.56 Å². The number of hydrogen-bond acceptors (Lipinski definition) is 7. The molecule has 1 aliphatic heterocycles. The normalized spacial score (nSPS) is 13.7. The molecule has 0 saturated carbocycles. The number of rotatable bonds is 4. The molecular formula is C26H21N7OS. The Balaban J connectivity index is 1.60. The van der Waals surface area contributed by atoms with E-state index in [9.17, 15) is 10.1 Å². The molecule has 0 bridgehead atoms. The molecule has 8 nitrogen and oxygen atoms in total.